The third-order valence-corrected chi connectivity index (χ3v) is 1.35. The van der Waals surface area contributed by atoms with Crippen LogP contribution in [0.1, 0.15) is 5.56 Å². The van der Waals surface area contributed by atoms with Gasteiger partial charge in [-0.2, -0.15) is 5.26 Å². The summed E-state index contributed by atoms with van der Waals surface area (Å²) in [7, 11) is 0. The highest BCUT2D eigenvalue weighted by molar-refractivity contribution is 5.42. The van der Waals surface area contributed by atoms with Crippen LogP contribution < -0.4 is 4.74 Å². The maximum Gasteiger partial charge on any atom is 0.138 e. The summed E-state index contributed by atoms with van der Waals surface area (Å²) in [4.78, 5) is 0. The van der Waals surface area contributed by atoms with Crippen molar-refractivity contribution in [1.82, 2.24) is 0 Å². The highest BCUT2D eigenvalue weighted by atomic mass is 19.1. The van der Waals surface area contributed by atoms with Crippen molar-refractivity contribution < 1.29 is 9.13 Å². The lowest BCUT2D eigenvalue weighted by molar-refractivity contribution is 0.361. The largest absolute Gasteiger partial charge is 0.488 e. The van der Waals surface area contributed by atoms with Gasteiger partial charge in [0.25, 0.3) is 0 Å². The van der Waals surface area contributed by atoms with Gasteiger partial charge in [-0.25, -0.2) is 4.39 Å². The molecule has 0 bridgehead atoms. The van der Waals surface area contributed by atoms with Crippen LogP contribution in [0.5, 0.6) is 5.75 Å². The number of hydrogen-bond acceptors (Lipinski definition) is 2. The molecule has 0 heterocycles. The van der Waals surface area contributed by atoms with Crippen LogP contribution >= 0.6 is 0 Å². The molecular weight excluding hydrogens is 169 g/mol. The summed E-state index contributed by atoms with van der Waals surface area (Å²) < 4.78 is 17.7. The predicted octanol–water partition coefficient (Wildman–Crippen LogP) is 2.06. The average Bonchev–Trinajstić information content (AvgIpc) is 2.16. The predicted molar refractivity (Wildman–Crippen MR) is 45.6 cm³/mol. The minimum absolute atomic E-state index is 0.165. The molecule has 0 saturated carbocycles. The van der Waals surface area contributed by atoms with Crippen LogP contribution in [-0.2, 0) is 0 Å². The summed E-state index contributed by atoms with van der Waals surface area (Å²) in [5, 5.41) is 8.61. The maximum atomic E-state index is 12.6. The number of hydrogen-bond donors (Lipinski definition) is 0. The van der Waals surface area contributed by atoms with Crippen LogP contribution in [0.25, 0.3) is 0 Å². The molecule has 13 heavy (non-hydrogen) atoms. The highest BCUT2D eigenvalue weighted by Gasteiger charge is 2.03. The van der Waals surface area contributed by atoms with Gasteiger partial charge in [0.05, 0.1) is 5.56 Å². The zero-order valence-corrected chi connectivity index (χ0v) is 6.88. The fourth-order valence-electron chi connectivity index (χ4n) is 0.807. The maximum absolute atomic E-state index is 12.6. The van der Waals surface area contributed by atoms with E-state index < -0.39 is 5.82 Å². The van der Waals surface area contributed by atoms with E-state index in [2.05, 4.69) is 12.6 Å². The minimum Gasteiger partial charge on any atom is -0.488 e. The average molecular weight is 176 g/mol. The van der Waals surface area contributed by atoms with Crippen molar-refractivity contribution in [2.75, 3.05) is 6.61 Å². The fourth-order valence-corrected chi connectivity index (χ4v) is 0.807. The molecule has 0 unspecified atom stereocenters. The van der Waals surface area contributed by atoms with Crippen molar-refractivity contribution in [2.45, 2.75) is 0 Å². The van der Waals surface area contributed by atoms with Gasteiger partial charge in [0.1, 0.15) is 24.2 Å². The highest BCUT2D eigenvalue weighted by Crippen LogP contribution is 2.17. The standard InChI is InChI=1S/C10H7FNO/c1-2-5-13-10-4-3-9(11)6-8(10)7-12/h2,4,6H,1,5H2. The molecule has 0 aromatic heterocycles. The molecule has 0 amide bonds. The molecule has 65 valence electrons. The first-order chi connectivity index (χ1) is 6.27. The summed E-state index contributed by atoms with van der Waals surface area (Å²) in [6.07, 6.45) is 1.55. The number of halogens is 1. The van der Waals surface area contributed by atoms with E-state index in [1.807, 2.05) is 6.07 Å². The van der Waals surface area contributed by atoms with E-state index in [4.69, 9.17) is 10.00 Å². The second kappa shape index (κ2) is 4.27. The van der Waals surface area contributed by atoms with Crippen molar-refractivity contribution in [3.8, 4) is 11.8 Å². The molecule has 0 aliphatic heterocycles. The second-order valence-corrected chi connectivity index (χ2v) is 2.27. The van der Waals surface area contributed by atoms with E-state index in [0.717, 1.165) is 6.07 Å². The van der Waals surface area contributed by atoms with Crippen LogP contribution in [0.3, 0.4) is 0 Å². The smallest absolute Gasteiger partial charge is 0.138 e. The Labute approximate surface area is 75.9 Å². The summed E-state index contributed by atoms with van der Waals surface area (Å²) in [5.41, 5.74) is 0.165. The fraction of sp³-hybridized carbons (Fsp3) is 0.100. The zero-order valence-electron chi connectivity index (χ0n) is 6.88. The number of nitrogens with zero attached hydrogens (tertiary/aromatic N) is 1. The monoisotopic (exact) mass is 176 g/mol. The minimum atomic E-state index is -0.567. The van der Waals surface area contributed by atoms with E-state index in [1.165, 1.54) is 6.07 Å². The Morgan fingerprint density at radius 1 is 1.77 bits per heavy atom. The van der Waals surface area contributed by atoms with Crippen LogP contribution in [0, 0.1) is 23.2 Å². The van der Waals surface area contributed by atoms with Crippen molar-refractivity contribution in [1.29, 1.82) is 5.26 Å². The number of benzene rings is 1. The Morgan fingerprint density at radius 3 is 3.15 bits per heavy atom. The Bertz CT molecular complexity index is 354. The topological polar surface area (TPSA) is 33.0 Å². The molecule has 0 N–H and O–H groups in total. The summed E-state index contributed by atoms with van der Waals surface area (Å²) in [6, 6.07) is 6.52. The number of rotatable bonds is 3. The van der Waals surface area contributed by atoms with Crippen LogP contribution in [-0.4, -0.2) is 6.61 Å². The van der Waals surface area contributed by atoms with E-state index in [9.17, 15) is 4.39 Å². The SMILES string of the molecule is C=CCOc1c[c]c(F)cc1C#N. The Hall–Kier alpha value is -1.82. The quantitative estimate of drug-likeness (QED) is 0.660. The molecule has 0 fully saturated rings. The van der Waals surface area contributed by atoms with E-state index in [-0.39, 0.29) is 12.2 Å². The molecule has 1 rings (SSSR count). The molecule has 0 aliphatic rings. The summed E-state index contributed by atoms with van der Waals surface area (Å²) in [6.45, 7) is 3.74. The normalized spacial score (nSPS) is 8.92. The Balaban J connectivity index is 2.94. The van der Waals surface area contributed by atoms with Gasteiger partial charge in [0.15, 0.2) is 0 Å². The van der Waals surface area contributed by atoms with Crippen molar-refractivity contribution in [3.05, 3.63) is 42.2 Å². The van der Waals surface area contributed by atoms with Crippen LogP contribution in [0.15, 0.2) is 24.8 Å². The van der Waals surface area contributed by atoms with Crippen LogP contribution in [0.2, 0.25) is 0 Å². The van der Waals surface area contributed by atoms with Gasteiger partial charge >= 0.3 is 0 Å². The second-order valence-electron chi connectivity index (χ2n) is 2.27. The van der Waals surface area contributed by atoms with Gasteiger partial charge in [0.2, 0.25) is 0 Å². The molecule has 1 aromatic rings. The van der Waals surface area contributed by atoms with Gasteiger partial charge in [-0.3, -0.25) is 0 Å². The molecule has 0 atom stereocenters. The van der Waals surface area contributed by atoms with Gasteiger partial charge in [-0.05, 0) is 12.1 Å². The first-order valence-corrected chi connectivity index (χ1v) is 3.63. The number of ether oxygens (including phenoxy) is 1. The first kappa shape index (κ1) is 9.27. The van der Waals surface area contributed by atoms with Gasteiger partial charge in [-0.15, -0.1) is 0 Å². The van der Waals surface area contributed by atoms with Gasteiger partial charge in [-0.1, -0.05) is 12.7 Å². The van der Waals surface area contributed by atoms with E-state index in [1.54, 1.807) is 6.08 Å². The lowest BCUT2D eigenvalue weighted by Crippen LogP contribution is -1.95. The van der Waals surface area contributed by atoms with Crippen LogP contribution in [0.4, 0.5) is 4.39 Å². The summed E-state index contributed by atoms with van der Waals surface area (Å²) >= 11 is 0. The molecule has 2 nitrogen and oxygen atoms in total. The lowest BCUT2D eigenvalue weighted by Gasteiger charge is -2.03. The third kappa shape index (κ3) is 2.31. The van der Waals surface area contributed by atoms with E-state index >= 15 is 0 Å². The van der Waals surface area contributed by atoms with Crippen molar-refractivity contribution in [2.24, 2.45) is 0 Å². The van der Waals surface area contributed by atoms with Crippen molar-refractivity contribution >= 4 is 0 Å². The molecular formula is C10H7FNO. The van der Waals surface area contributed by atoms with Gasteiger partial charge < -0.3 is 4.74 Å². The molecule has 0 aliphatic carbocycles. The summed E-state index contributed by atoms with van der Waals surface area (Å²) in [5.74, 6) is -0.244. The Kier molecular flexibility index (Phi) is 3.04. The van der Waals surface area contributed by atoms with Crippen molar-refractivity contribution in [3.63, 3.8) is 0 Å². The van der Waals surface area contributed by atoms with Gasteiger partial charge in [0, 0.05) is 6.07 Å². The zero-order chi connectivity index (χ0) is 9.68. The lowest BCUT2D eigenvalue weighted by atomic mass is 10.2. The third-order valence-electron chi connectivity index (χ3n) is 1.35. The van der Waals surface area contributed by atoms with E-state index in [0.29, 0.717) is 5.75 Å². The first-order valence-electron chi connectivity index (χ1n) is 3.63. The molecule has 0 saturated heterocycles. The molecule has 0 spiro atoms. The Morgan fingerprint density at radius 2 is 2.54 bits per heavy atom. The number of nitriles is 1. The molecule has 1 radical (unpaired) electrons. The molecule has 1 aromatic carbocycles. The molecule has 3 heteroatoms.